The van der Waals surface area contributed by atoms with Crippen molar-refractivity contribution >= 4 is 17.6 Å². The van der Waals surface area contributed by atoms with Crippen LogP contribution in [0.25, 0.3) is 0 Å². The van der Waals surface area contributed by atoms with Crippen LogP contribution in [0.4, 0.5) is 4.39 Å². The van der Waals surface area contributed by atoms with E-state index in [9.17, 15) is 4.39 Å². The van der Waals surface area contributed by atoms with Gasteiger partial charge in [0.1, 0.15) is 5.82 Å². The molecule has 0 unspecified atom stereocenters. The van der Waals surface area contributed by atoms with Crippen LogP contribution in [-0.2, 0) is 13.0 Å². The Morgan fingerprint density at radius 3 is 2.27 bits per heavy atom. The normalized spacial score (nSPS) is 11.3. The first-order valence-electron chi connectivity index (χ1n) is 7.11. The van der Waals surface area contributed by atoms with Crippen LogP contribution < -0.4 is 10.6 Å². The minimum absolute atomic E-state index is 0.211. The molecule has 0 aliphatic carbocycles. The third-order valence-corrected chi connectivity index (χ3v) is 3.47. The highest BCUT2D eigenvalue weighted by Crippen LogP contribution is 2.09. The van der Waals surface area contributed by atoms with Gasteiger partial charge in [-0.3, -0.25) is 4.99 Å². The van der Waals surface area contributed by atoms with Crippen LogP contribution >= 0.6 is 11.6 Å². The summed E-state index contributed by atoms with van der Waals surface area (Å²) in [6.45, 7) is 1.40. The fourth-order valence-electron chi connectivity index (χ4n) is 1.98. The van der Waals surface area contributed by atoms with Crippen LogP contribution in [0.3, 0.4) is 0 Å². The van der Waals surface area contributed by atoms with Crippen molar-refractivity contribution in [3.05, 3.63) is 70.5 Å². The summed E-state index contributed by atoms with van der Waals surface area (Å²) in [5.41, 5.74) is 2.22. The van der Waals surface area contributed by atoms with Gasteiger partial charge in [0.25, 0.3) is 0 Å². The van der Waals surface area contributed by atoms with E-state index in [-0.39, 0.29) is 5.82 Å². The van der Waals surface area contributed by atoms with Crippen LogP contribution in [0.15, 0.2) is 53.5 Å². The molecule has 2 rings (SSSR count). The number of hydrogen-bond acceptors (Lipinski definition) is 1. The second-order valence-corrected chi connectivity index (χ2v) is 5.29. The average molecular weight is 320 g/mol. The first-order chi connectivity index (χ1) is 10.7. The fraction of sp³-hybridized carbons (Fsp3) is 0.235. The Labute approximate surface area is 135 Å². The van der Waals surface area contributed by atoms with Gasteiger partial charge in [-0.25, -0.2) is 4.39 Å². The Hall–Kier alpha value is -2.07. The summed E-state index contributed by atoms with van der Waals surface area (Å²) in [5.74, 6) is 0.522. The lowest BCUT2D eigenvalue weighted by Gasteiger charge is -2.12. The quantitative estimate of drug-likeness (QED) is 0.654. The number of nitrogens with one attached hydrogen (secondary N) is 2. The van der Waals surface area contributed by atoms with Gasteiger partial charge in [-0.05, 0) is 41.8 Å². The lowest BCUT2D eigenvalue weighted by Crippen LogP contribution is -2.37. The van der Waals surface area contributed by atoms with E-state index in [4.69, 9.17) is 11.6 Å². The predicted octanol–water partition coefficient (Wildman–Crippen LogP) is 3.39. The van der Waals surface area contributed by atoms with E-state index >= 15 is 0 Å². The molecule has 2 N–H and O–H groups in total. The van der Waals surface area contributed by atoms with E-state index in [2.05, 4.69) is 15.6 Å². The fourth-order valence-corrected chi connectivity index (χ4v) is 2.11. The SMILES string of the molecule is CN=C(NCCc1ccc(F)cc1)NCc1ccc(Cl)cc1. The van der Waals surface area contributed by atoms with Crippen molar-refractivity contribution < 1.29 is 4.39 Å². The summed E-state index contributed by atoms with van der Waals surface area (Å²) in [5, 5.41) is 7.20. The minimum Gasteiger partial charge on any atom is -0.356 e. The number of halogens is 2. The molecule has 0 heterocycles. The maximum absolute atomic E-state index is 12.8. The first kappa shape index (κ1) is 16.3. The van der Waals surface area contributed by atoms with Gasteiger partial charge in [0.2, 0.25) is 0 Å². The minimum atomic E-state index is -0.211. The number of benzene rings is 2. The van der Waals surface area contributed by atoms with Gasteiger partial charge >= 0.3 is 0 Å². The van der Waals surface area contributed by atoms with E-state index < -0.39 is 0 Å². The van der Waals surface area contributed by atoms with Gasteiger partial charge in [0.05, 0.1) is 0 Å². The molecule has 0 radical (unpaired) electrons. The molecular formula is C17H19ClFN3. The maximum Gasteiger partial charge on any atom is 0.191 e. The standard InChI is InChI=1S/C17H19ClFN3/c1-20-17(22-12-14-2-6-15(18)7-3-14)21-11-10-13-4-8-16(19)9-5-13/h2-9H,10-12H2,1H3,(H2,20,21,22). The highest BCUT2D eigenvalue weighted by molar-refractivity contribution is 6.30. The van der Waals surface area contributed by atoms with Crippen LogP contribution in [0.5, 0.6) is 0 Å². The third-order valence-electron chi connectivity index (χ3n) is 3.22. The number of hydrogen-bond donors (Lipinski definition) is 2. The topological polar surface area (TPSA) is 36.4 Å². The molecule has 2 aromatic rings. The van der Waals surface area contributed by atoms with Crippen molar-refractivity contribution in [2.45, 2.75) is 13.0 Å². The van der Waals surface area contributed by atoms with E-state index in [1.807, 2.05) is 24.3 Å². The van der Waals surface area contributed by atoms with Gasteiger partial charge in [0.15, 0.2) is 5.96 Å². The van der Waals surface area contributed by atoms with Crippen molar-refractivity contribution in [2.75, 3.05) is 13.6 Å². The van der Waals surface area contributed by atoms with Crippen molar-refractivity contribution in [2.24, 2.45) is 4.99 Å². The monoisotopic (exact) mass is 319 g/mol. The lowest BCUT2D eigenvalue weighted by molar-refractivity contribution is 0.626. The second-order valence-electron chi connectivity index (χ2n) is 4.86. The molecule has 0 fully saturated rings. The van der Waals surface area contributed by atoms with E-state index in [1.54, 1.807) is 19.2 Å². The van der Waals surface area contributed by atoms with Crippen molar-refractivity contribution in [3.8, 4) is 0 Å². The zero-order valence-corrected chi connectivity index (χ0v) is 13.2. The van der Waals surface area contributed by atoms with Crippen molar-refractivity contribution in [1.82, 2.24) is 10.6 Å². The maximum atomic E-state index is 12.8. The number of guanidine groups is 1. The van der Waals surface area contributed by atoms with Crippen LogP contribution in [-0.4, -0.2) is 19.6 Å². The molecule has 0 spiro atoms. The zero-order chi connectivity index (χ0) is 15.8. The molecular weight excluding hydrogens is 301 g/mol. The Morgan fingerprint density at radius 1 is 1.00 bits per heavy atom. The average Bonchev–Trinajstić information content (AvgIpc) is 2.54. The summed E-state index contributed by atoms with van der Waals surface area (Å²) in [6, 6.07) is 14.2. The Kier molecular flexibility index (Phi) is 6.22. The van der Waals surface area contributed by atoms with Gasteiger partial charge in [0, 0.05) is 25.2 Å². The Balaban J connectivity index is 1.75. The van der Waals surface area contributed by atoms with Gasteiger partial charge in [-0.1, -0.05) is 35.9 Å². The zero-order valence-electron chi connectivity index (χ0n) is 12.4. The van der Waals surface area contributed by atoms with Crippen LogP contribution in [0.2, 0.25) is 5.02 Å². The van der Waals surface area contributed by atoms with Gasteiger partial charge in [-0.2, -0.15) is 0 Å². The highest BCUT2D eigenvalue weighted by Gasteiger charge is 1.99. The third kappa shape index (κ3) is 5.37. The summed E-state index contributed by atoms with van der Waals surface area (Å²) in [6.07, 6.45) is 0.807. The number of rotatable bonds is 5. The van der Waals surface area contributed by atoms with Gasteiger partial charge < -0.3 is 10.6 Å². The number of aliphatic imine (C=N–C) groups is 1. The first-order valence-corrected chi connectivity index (χ1v) is 7.48. The highest BCUT2D eigenvalue weighted by atomic mass is 35.5. The molecule has 22 heavy (non-hydrogen) atoms. The summed E-state index contributed by atoms with van der Waals surface area (Å²) >= 11 is 5.86. The molecule has 116 valence electrons. The van der Waals surface area contributed by atoms with Crippen molar-refractivity contribution in [3.63, 3.8) is 0 Å². The van der Waals surface area contributed by atoms with E-state index in [0.29, 0.717) is 6.54 Å². The molecule has 0 amide bonds. The molecule has 0 aliphatic heterocycles. The second kappa shape index (κ2) is 8.39. The molecule has 0 bridgehead atoms. The molecule has 0 saturated carbocycles. The van der Waals surface area contributed by atoms with Crippen LogP contribution in [0.1, 0.15) is 11.1 Å². The summed E-state index contributed by atoms with van der Waals surface area (Å²) in [7, 11) is 1.73. The Bertz CT molecular complexity index is 609. The van der Waals surface area contributed by atoms with E-state index in [0.717, 1.165) is 35.1 Å². The van der Waals surface area contributed by atoms with Crippen LogP contribution in [0, 0.1) is 5.82 Å². The largest absolute Gasteiger partial charge is 0.356 e. The summed E-state index contributed by atoms with van der Waals surface area (Å²) in [4.78, 5) is 4.17. The molecule has 0 saturated heterocycles. The summed E-state index contributed by atoms with van der Waals surface area (Å²) < 4.78 is 12.8. The number of nitrogens with zero attached hydrogens (tertiary/aromatic N) is 1. The molecule has 2 aromatic carbocycles. The predicted molar refractivity (Wildman–Crippen MR) is 89.8 cm³/mol. The molecule has 0 aliphatic rings. The van der Waals surface area contributed by atoms with Crippen molar-refractivity contribution in [1.29, 1.82) is 0 Å². The lowest BCUT2D eigenvalue weighted by atomic mass is 10.1. The smallest absolute Gasteiger partial charge is 0.191 e. The van der Waals surface area contributed by atoms with Gasteiger partial charge in [-0.15, -0.1) is 0 Å². The molecule has 5 heteroatoms. The molecule has 0 aromatic heterocycles. The Morgan fingerprint density at radius 2 is 1.64 bits per heavy atom. The molecule has 0 atom stereocenters. The van der Waals surface area contributed by atoms with E-state index in [1.165, 1.54) is 12.1 Å². The molecule has 3 nitrogen and oxygen atoms in total.